The summed E-state index contributed by atoms with van der Waals surface area (Å²) in [6.07, 6.45) is 2.08. The third-order valence-electron chi connectivity index (χ3n) is 2.78. The molecule has 0 amide bonds. The number of nitrogens with one attached hydrogen (secondary N) is 1. The maximum absolute atomic E-state index is 13.3. The van der Waals surface area contributed by atoms with E-state index in [9.17, 15) is 8.78 Å². The summed E-state index contributed by atoms with van der Waals surface area (Å²) >= 11 is 0. The van der Waals surface area contributed by atoms with Gasteiger partial charge in [0.2, 0.25) is 0 Å². The van der Waals surface area contributed by atoms with Crippen molar-refractivity contribution in [3.63, 3.8) is 0 Å². The molecule has 1 aromatic carbocycles. The van der Waals surface area contributed by atoms with E-state index in [1.165, 1.54) is 12.1 Å². The normalized spacial score (nSPS) is 16.6. The molecule has 0 saturated carbocycles. The first-order valence-corrected chi connectivity index (χ1v) is 5.52. The Bertz CT molecular complexity index is 356. The van der Waals surface area contributed by atoms with Gasteiger partial charge in [0, 0.05) is 11.6 Å². The molecule has 1 N–H and O–H groups in total. The molecule has 2 rings (SSSR count). The number of ether oxygens (including phenoxy) is 1. The van der Waals surface area contributed by atoms with Crippen molar-refractivity contribution in [2.24, 2.45) is 0 Å². The standard InChI is InChI=1S/C12H15F2NO.ClH/c13-10-2-1-9(12(14)7-10)8-16-11-3-5-15-6-4-11;/h1-2,7,11,15H,3-6,8H2;1H. The van der Waals surface area contributed by atoms with E-state index in [-0.39, 0.29) is 25.1 Å². The van der Waals surface area contributed by atoms with Gasteiger partial charge in [0.1, 0.15) is 11.6 Å². The number of hydrogen-bond donors (Lipinski definition) is 1. The van der Waals surface area contributed by atoms with Gasteiger partial charge in [-0.1, -0.05) is 6.07 Å². The van der Waals surface area contributed by atoms with Crippen LogP contribution in [0.4, 0.5) is 8.78 Å². The Morgan fingerprint density at radius 3 is 2.59 bits per heavy atom. The largest absolute Gasteiger partial charge is 0.373 e. The molecule has 17 heavy (non-hydrogen) atoms. The van der Waals surface area contributed by atoms with Gasteiger partial charge in [-0.15, -0.1) is 12.4 Å². The van der Waals surface area contributed by atoms with Gasteiger partial charge >= 0.3 is 0 Å². The van der Waals surface area contributed by atoms with E-state index in [2.05, 4.69) is 5.32 Å². The summed E-state index contributed by atoms with van der Waals surface area (Å²) in [6.45, 7) is 2.10. The monoisotopic (exact) mass is 263 g/mol. The molecule has 0 atom stereocenters. The predicted molar refractivity (Wildman–Crippen MR) is 64.3 cm³/mol. The molecule has 96 valence electrons. The van der Waals surface area contributed by atoms with Crippen molar-refractivity contribution < 1.29 is 13.5 Å². The van der Waals surface area contributed by atoms with Gasteiger partial charge in [0.05, 0.1) is 12.7 Å². The molecule has 5 heteroatoms. The molecule has 1 fully saturated rings. The predicted octanol–water partition coefficient (Wildman–Crippen LogP) is 2.66. The van der Waals surface area contributed by atoms with Crippen LogP contribution in [0.1, 0.15) is 18.4 Å². The number of rotatable bonds is 3. The molecule has 0 spiro atoms. The van der Waals surface area contributed by atoms with Crippen LogP contribution in [0.2, 0.25) is 0 Å². The smallest absolute Gasteiger partial charge is 0.131 e. The Labute approximate surface area is 106 Å². The zero-order valence-corrected chi connectivity index (χ0v) is 10.2. The minimum absolute atomic E-state index is 0. The molecule has 0 bridgehead atoms. The van der Waals surface area contributed by atoms with Crippen molar-refractivity contribution in [3.8, 4) is 0 Å². The molecule has 1 heterocycles. The average Bonchev–Trinajstić information content (AvgIpc) is 2.29. The molecular weight excluding hydrogens is 248 g/mol. The second-order valence-electron chi connectivity index (χ2n) is 4.00. The maximum Gasteiger partial charge on any atom is 0.131 e. The summed E-state index contributed by atoms with van der Waals surface area (Å²) < 4.78 is 31.5. The lowest BCUT2D eigenvalue weighted by molar-refractivity contribution is 0.0199. The van der Waals surface area contributed by atoms with Crippen LogP contribution in [0.15, 0.2) is 18.2 Å². The lowest BCUT2D eigenvalue weighted by Gasteiger charge is -2.23. The average molecular weight is 264 g/mol. The van der Waals surface area contributed by atoms with Crippen molar-refractivity contribution >= 4 is 12.4 Å². The van der Waals surface area contributed by atoms with Gasteiger partial charge in [-0.25, -0.2) is 8.78 Å². The molecule has 0 unspecified atom stereocenters. The van der Waals surface area contributed by atoms with E-state index in [1.54, 1.807) is 0 Å². The molecule has 1 saturated heterocycles. The Balaban J connectivity index is 0.00000144. The van der Waals surface area contributed by atoms with Crippen LogP contribution in [0.25, 0.3) is 0 Å². The highest BCUT2D eigenvalue weighted by atomic mass is 35.5. The highest BCUT2D eigenvalue weighted by molar-refractivity contribution is 5.85. The van der Waals surface area contributed by atoms with Crippen molar-refractivity contribution in [1.29, 1.82) is 0 Å². The van der Waals surface area contributed by atoms with E-state index >= 15 is 0 Å². The summed E-state index contributed by atoms with van der Waals surface area (Å²) in [7, 11) is 0. The molecule has 2 nitrogen and oxygen atoms in total. The fraction of sp³-hybridized carbons (Fsp3) is 0.500. The topological polar surface area (TPSA) is 21.3 Å². The zero-order chi connectivity index (χ0) is 11.4. The number of piperidine rings is 1. The van der Waals surface area contributed by atoms with Crippen LogP contribution in [-0.2, 0) is 11.3 Å². The summed E-state index contributed by atoms with van der Waals surface area (Å²) in [5.41, 5.74) is 0.417. The van der Waals surface area contributed by atoms with Crippen molar-refractivity contribution in [3.05, 3.63) is 35.4 Å². The molecule has 0 aromatic heterocycles. The van der Waals surface area contributed by atoms with Crippen molar-refractivity contribution in [1.82, 2.24) is 5.32 Å². The van der Waals surface area contributed by atoms with Crippen LogP contribution in [0, 0.1) is 11.6 Å². The SMILES string of the molecule is Cl.Fc1ccc(COC2CCNCC2)c(F)c1. The number of benzene rings is 1. The summed E-state index contributed by atoms with van der Waals surface area (Å²) in [5, 5.41) is 3.23. The van der Waals surface area contributed by atoms with Gasteiger partial charge in [-0.2, -0.15) is 0 Å². The third-order valence-corrected chi connectivity index (χ3v) is 2.78. The Morgan fingerprint density at radius 2 is 1.94 bits per heavy atom. The molecule has 0 radical (unpaired) electrons. The van der Waals surface area contributed by atoms with Gasteiger partial charge in [0.15, 0.2) is 0 Å². The zero-order valence-electron chi connectivity index (χ0n) is 9.42. The van der Waals surface area contributed by atoms with E-state index in [1.807, 2.05) is 0 Å². The highest BCUT2D eigenvalue weighted by Crippen LogP contribution is 2.14. The minimum atomic E-state index is -0.553. The lowest BCUT2D eigenvalue weighted by atomic mass is 10.1. The van der Waals surface area contributed by atoms with E-state index in [0.29, 0.717) is 5.56 Å². The Kier molecular flexibility index (Phi) is 5.82. The lowest BCUT2D eigenvalue weighted by Crippen LogP contribution is -2.32. The van der Waals surface area contributed by atoms with Gasteiger partial charge in [-0.05, 0) is 32.0 Å². The quantitative estimate of drug-likeness (QED) is 0.905. The van der Waals surface area contributed by atoms with Crippen LogP contribution in [-0.4, -0.2) is 19.2 Å². The summed E-state index contributed by atoms with van der Waals surface area (Å²) in [5.74, 6) is -1.09. The fourth-order valence-corrected chi connectivity index (χ4v) is 1.81. The molecule has 1 aromatic rings. The first kappa shape index (κ1) is 14.4. The van der Waals surface area contributed by atoms with Crippen molar-refractivity contribution in [2.75, 3.05) is 13.1 Å². The van der Waals surface area contributed by atoms with Crippen LogP contribution in [0.5, 0.6) is 0 Å². The minimum Gasteiger partial charge on any atom is -0.373 e. The van der Waals surface area contributed by atoms with Gasteiger partial charge < -0.3 is 10.1 Å². The number of halogens is 3. The van der Waals surface area contributed by atoms with E-state index in [0.717, 1.165) is 32.0 Å². The second kappa shape index (κ2) is 6.89. The third kappa shape index (κ3) is 4.22. The van der Waals surface area contributed by atoms with Crippen molar-refractivity contribution in [2.45, 2.75) is 25.6 Å². The summed E-state index contributed by atoms with van der Waals surface area (Å²) in [6, 6.07) is 3.58. The van der Waals surface area contributed by atoms with E-state index in [4.69, 9.17) is 4.74 Å². The highest BCUT2D eigenvalue weighted by Gasteiger charge is 2.14. The van der Waals surface area contributed by atoms with Gasteiger partial charge in [0.25, 0.3) is 0 Å². The number of hydrogen-bond acceptors (Lipinski definition) is 2. The molecule has 1 aliphatic heterocycles. The first-order chi connectivity index (χ1) is 7.75. The van der Waals surface area contributed by atoms with Gasteiger partial charge in [-0.3, -0.25) is 0 Å². The Morgan fingerprint density at radius 1 is 1.24 bits per heavy atom. The maximum atomic E-state index is 13.3. The first-order valence-electron chi connectivity index (χ1n) is 5.52. The van der Waals surface area contributed by atoms with E-state index < -0.39 is 11.6 Å². The fourth-order valence-electron chi connectivity index (χ4n) is 1.81. The Hall–Kier alpha value is -0.710. The summed E-state index contributed by atoms with van der Waals surface area (Å²) in [4.78, 5) is 0. The molecule has 1 aliphatic rings. The van der Waals surface area contributed by atoms with Crippen LogP contribution >= 0.6 is 12.4 Å². The molecule has 0 aliphatic carbocycles. The van der Waals surface area contributed by atoms with Crippen LogP contribution < -0.4 is 5.32 Å². The molecular formula is C12H16ClF2NO. The second-order valence-corrected chi connectivity index (χ2v) is 4.00. The van der Waals surface area contributed by atoms with Crippen LogP contribution in [0.3, 0.4) is 0 Å².